The van der Waals surface area contributed by atoms with Gasteiger partial charge in [0.05, 0.1) is 48.2 Å². The molecule has 4 aliphatic rings. The van der Waals surface area contributed by atoms with E-state index in [1.807, 2.05) is 0 Å². The molecule has 2 unspecified atom stereocenters. The van der Waals surface area contributed by atoms with Gasteiger partial charge in [-0.3, -0.25) is 14.4 Å². The third-order valence-electron chi connectivity index (χ3n) is 13.6. The summed E-state index contributed by atoms with van der Waals surface area (Å²) >= 11 is 0. The first-order valence-electron chi connectivity index (χ1n) is 20.5. The predicted octanol–water partition coefficient (Wildman–Crippen LogP) is 3.18. The minimum absolute atomic E-state index is 0.00266. The third-order valence-corrected chi connectivity index (χ3v) is 13.6. The number of fused-ring (bicyclic) bond motifs is 5. The highest BCUT2D eigenvalue weighted by Crippen LogP contribution is 2.65. The van der Waals surface area contributed by atoms with Gasteiger partial charge in [-0.1, -0.05) is 32.0 Å². The van der Waals surface area contributed by atoms with Crippen molar-refractivity contribution >= 4 is 41.9 Å². The van der Waals surface area contributed by atoms with E-state index in [1.54, 1.807) is 39.0 Å². The van der Waals surface area contributed by atoms with Gasteiger partial charge in [0.15, 0.2) is 23.6 Å². The quantitative estimate of drug-likeness (QED) is 0.128. The van der Waals surface area contributed by atoms with Crippen LogP contribution in [-0.2, 0) is 52.3 Å². The van der Waals surface area contributed by atoms with E-state index < -0.39 is 136 Å². The lowest BCUT2D eigenvalue weighted by molar-refractivity contribution is -0.345. The normalized spacial score (nSPS) is 33.3. The number of carboxylic acids is 1. The molecule has 3 fully saturated rings. The minimum Gasteiger partial charge on any atom is -0.481 e. The van der Waals surface area contributed by atoms with E-state index in [1.165, 1.54) is 46.8 Å². The molecule has 0 spiro atoms. The molecule has 1 aromatic rings. The molecular formula is C44H59NO18. The number of Topliss-reactive ketones (excluding diaryl/α,β-unsaturated/α-hetero) is 1. The summed E-state index contributed by atoms with van der Waals surface area (Å²) in [6.45, 7) is 14.5. The summed E-state index contributed by atoms with van der Waals surface area (Å²) in [4.78, 5) is 95.9. The lowest BCUT2D eigenvalue weighted by Gasteiger charge is -2.67. The Bertz CT molecular complexity index is 2070. The third kappa shape index (κ3) is 8.16. The largest absolute Gasteiger partial charge is 0.508 e. The second kappa shape index (κ2) is 16.5. The van der Waals surface area contributed by atoms with Gasteiger partial charge in [0.1, 0.15) is 29.0 Å². The molecule has 1 aliphatic heterocycles. The molecule has 2 saturated carbocycles. The van der Waals surface area contributed by atoms with Gasteiger partial charge < -0.3 is 58.9 Å². The number of hydrogen-bond donors (Lipinski definition) is 5. The van der Waals surface area contributed by atoms with E-state index in [9.17, 15) is 49.2 Å². The number of benzene rings is 1. The lowest BCUT2D eigenvalue weighted by atomic mass is 9.44. The van der Waals surface area contributed by atoms with Crippen LogP contribution in [0.3, 0.4) is 0 Å². The monoisotopic (exact) mass is 889 g/mol. The molecule has 0 aromatic heterocycles. The number of amides is 1. The molecule has 3 aliphatic carbocycles. The Morgan fingerprint density at radius 2 is 1.56 bits per heavy atom. The average molecular weight is 890 g/mol. The number of carbonyl (C=O) groups is 7. The van der Waals surface area contributed by atoms with Gasteiger partial charge in [0, 0.05) is 25.2 Å². The van der Waals surface area contributed by atoms with E-state index in [0.29, 0.717) is 0 Å². The predicted molar refractivity (Wildman–Crippen MR) is 216 cm³/mol. The summed E-state index contributed by atoms with van der Waals surface area (Å²) < 4.78 is 40.3. The van der Waals surface area contributed by atoms with Crippen molar-refractivity contribution in [2.75, 3.05) is 13.7 Å². The van der Waals surface area contributed by atoms with Crippen LogP contribution < -0.4 is 5.32 Å². The summed E-state index contributed by atoms with van der Waals surface area (Å²) in [6.07, 6.45) is -12.6. The van der Waals surface area contributed by atoms with Gasteiger partial charge in [0.2, 0.25) is 0 Å². The van der Waals surface area contributed by atoms with Crippen LogP contribution in [0.25, 0.3) is 0 Å². The molecule has 1 aromatic carbocycles. The van der Waals surface area contributed by atoms with Crippen LogP contribution in [0.1, 0.15) is 99.4 Å². The van der Waals surface area contributed by atoms with Crippen molar-refractivity contribution in [3.05, 3.63) is 47.0 Å². The second-order valence-corrected chi connectivity index (χ2v) is 19.4. The van der Waals surface area contributed by atoms with E-state index in [-0.39, 0.29) is 23.1 Å². The Hall–Kier alpha value is -5.11. The van der Waals surface area contributed by atoms with Crippen molar-refractivity contribution in [3.8, 4) is 0 Å². The van der Waals surface area contributed by atoms with Gasteiger partial charge in [0.25, 0.3) is 0 Å². The van der Waals surface area contributed by atoms with E-state index >= 15 is 4.79 Å². The Morgan fingerprint density at radius 3 is 2.06 bits per heavy atom. The van der Waals surface area contributed by atoms with Gasteiger partial charge in [-0.25, -0.2) is 19.2 Å². The number of nitrogens with one attached hydrogen (secondary N) is 1. The zero-order valence-electron chi connectivity index (χ0n) is 37.6. The van der Waals surface area contributed by atoms with Gasteiger partial charge in [-0.15, -0.1) is 0 Å². The number of aliphatic hydroxyl groups is 3. The van der Waals surface area contributed by atoms with Crippen LogP contribution in [-0.4, -0.2) is 135 Å². The molecule has 5 N–H and O–H groups in total. The molecule has 348 valence electrons. The molecule has 2 bridgehead atoms. The maximum Gasteiger partial charge on any atom is 0.508 e. The number of carbonyl (C=O) groups excluding carboxylic acids is 6. The number of aliphatic carboxylic acids is 1. The van der Waals surface area contributed by atoms with Crippen LogP contribution in [0.15, 0.2) is 41.5 Å². The molecule has 1 heterocycles. The first kappa shape index (κ1) is 48.9. The van der Waals surface area contributed by atoms with E-state index in [2.05, 4.69) is 5.32 Å². The molecule has 1 saturated heterocycles. The number of ether oxygens (including phenoxy) is 7. The lowest BCUT2D eigenvalue weighted by Crippen LogP contribution is -2.82. The fourth-order valence-corrected chi connectivity index (χ4v) is 9.81. The molecule has 1 amide bonds. The van der Waals surface area contributed by atoms with Crippen molar-refractivity contribution in [2.24, 2.45) is 22.2 Å². The average Bonchev–Trinajstić information content (AvgIpc) is 3.17. The Balaban J connectivity index is 1.79. The maximum absolute atomic E-state index is 15.6. The number of carboxylic acid groups (broad SMARTS) is 1. The molecular weight excluding hydrogens is 830 g/mol. The van der Waals surface area contributed by atoms with Gasteiger partial charge in [-0.05, 0) is 78.7 Å². The summed E-state index contributed by atoms with van der Waals surface area (Å²) in [6, 6.07) is 5.70. The molecule has 19 nitrogen and oxygen atoms in total. The Kier molecular flexibility index (Phi) is 12.8. The van der Waals surface area contributed by atoms with Crippen LogP contribution >= 0.6 is 0 Å². The molecule has 0 radical (unpaired) electrons. The number of aliphatic hydroxyl groups excluding tert-OH is 2. The molecule has 19 heteroatoms. The van der Waals surface area contributed by atoms with Crippen molar-refractivity contribution in [1.29, 1.82) is 0 Å². The molecule has 5 rings (SSSR count). The fourth-order valence-electron chi connectivity index (χ4n) is 9.81. The fraction of sp³-hybridized carbons (Fsp3) is 0.659. The minimum atomic E-state index is -2.56. The highest BCUT2D eigenvalue weighted by molar-refractivity contribution is 5.96. The Morgan fingerprint density at radius 1 is 0.952 bits per heavy atom. The van der Waals surface area contributed by atoms with E-state index in [4.69, 9.17) is 33.2 Å². The smallest absolute Gasteiger partial charge is 0.481 e. The summed E-state index contributed by atoms with van der Waals surface area (Å²) in [7, 11) is 1.04. The first-order chi connectivity index (χ1) is 28.9. The number of ketones is 1. The van der Waals surface area contributed by atoms with Crippen LogP contribution in [0, 0.1) is 22.2 Å². The highest BCUT2D eigenvalue weighted by atomic mass is 16.8. The second-order valence-electron chi connectivity index (χ2n) is 19.4. The number of hydrogen-bond acceptors (Lipinski definition) is 17. The SMILES string of the molecule is COC(=O)O[C@@]12CO[C@@H]1CC(O)[C@@]1(C)C(=O)[C@H](OC(C)=O)C3=C(C)[C@](C)(OC(=O)[C@H](O)[C@@H](NC(=O)OC(C)(C)C)C(C)(C)C(=O)O)C[C@@](O)([C@@H](OC(=O)c4ccccc4)C12)C3(C)C. The van der Waals surface area contributed by atoms with Crippen molar-refractivity contribution in [1.82, 2.24) is 5.32 Å². The number of methoxy groups -OCH3 is 1. The Labute approximate surface area is 364 Å². The molecule has 63 heavy (non-hydrogen) atoms. The zero-order valence-corrected chi connectivity index (χ0v) is 37.6. The summed E-state index contributed by atoms with van der Waals surface area (Å²) in [5.41, 5.74) is -13.9. The van der Waals surface area contributed by atoms with Crippen LogP contribution in [0.4, 0.5) is 9.59 Å². The van der Waals surface area contributed by atoms with Gasteiger partial charge >= 0.3 is 36.1 Å². The topological polar surface area (TPSA) is 277 Å². The molecule has 11 atom stereocenters. The number of rotatable bonds is 10. The number of esters is 3. The number of alkyl carbamates (subject to hydrolysis) is 1. The van der Waals surface area contributed by atoms with Crippen molar-refractivity contribution < 1.29 is 87.1 Å². The van der Waals surface area contributed by atoms with E-state index in [0.717, 1.165) is 27.9 Å². The van der Waals surface area contributed by atoms with Crippen LogP contribution in [0.2, 0.25) is 0 Å². The summed E-state index contributed by atoms with van der Waals surface area (Å²) in [5, 5.41) is 50.0. The van der Waals surface area contributed by atoms with Crippen LogP contribution in [0.5, 0.6) is 0 Å². The summed E-state index contributed by atoms with van der Waals surface area (Å²) in [5.74, 6) is -7.69. The first-order valence-corrected chi connectivity index (χ1v) is 20.5. The van der Waals surface area contributed by atoms with Gasteiger partial charge in [-0.2, -0.15) is 0 Å². The zero-order chi connectivity index (χ0) is 47.6. The maximum atomic E-state index is 15.6. The highest BCUT2D eigenvalue weighted by Gasteiger charge is 2.79. The van der Waals surface area contributed by atoms with Crippen molar-refractivity contribution in [3.63, 3.8) is 0 Å². The standard InChI is InChI=1S/C44H59NO18/c1-21-26-28(59-22(2)46)31(49)42(11)24(47)18-25-43(20-58-25,63-37(55)57-12)29(42)32(60-33(50)23-16-14-13-15-17-23)44(56,40(26,8)9)19-41(21,10)61-34(51)27(48)30(39(6,7)35(52)53)45-36(54)62-38(3,4)5/h13-17,24-25,27-30,32,47-48,56H,18-20H2,1-12H3,(H,45,54)(H,52,53)/t24?,25-,27-,28-,29?,30-,32+,41-,42-,43+,44-/m1/s1. The van der Waals surface area contributed by atoms with Crippen molar-refractivity contribution in [2.45, 2.75) is 148 Å².